The van der Waals surface area contributed by atoms with E-state index >= 15 is 0 Å². The van der Waals surface area contributed by atoms with Crippen molar-refractivity contribution in [2.24, 2.45) is 0 Å². The van der Waals surface area contributed by atoms with E-state index in [0.29, 0.717) is 17.5 Å². The maximum absolute atomic E-state index is 11.9. The number of hydrogen-bond acceptors (Lipinski definition) is 6. The molecule has 0 bridgehead atoms. The minimum atomic E-state index is -0.101. The third-order valence-electron chi connectivity index (χ3n) is 3.04. The molecule has 0 saturated carbocycles. The molecule has 17 heavy (non-hydrogen) atoms. The maximum Gasteiger partial charge on any atom is 0.277 e. The van der Waals surface area contributed by atoms with Crippen LogP contribution in [0.5, 0.6) is 0 Å². The van der Waals surface area contributed by atoms with E-state index in [1.165, 1.54) is 0 Å². The lowest BCUT2D eigenvalue weighted by Crippen LogP contribution is -2.45. The Morgan fingerprint density at radius 1 is 1.06 bits per heavy atom. The topological polar surface area (TPSA) is 85.1 Å². The Kier molecular flexibility index (Phi) is 2.60. The molecule has 0 unspecified atom stereocenters. The van der Waals surface area contributed by atoms with Crippen LogP contribution in [0.3, 0.4) is 0 Å². The van der Waals surface area contributed by atoms with Gasteiger partial charge in [-0.15, -0.1) is 0 Å². The summed E-state index contributed by atoms with van der Waals surface area (Å²) in [6.07, 6.45) is 0. The lowest BCUT2D eigenvalue weighted by molar-refractivity contribution is 0.579. The van der Waals surface area contributed by atoms with E-state index in [4.69, 9.17) is 0 Å². The molecule has 2 aliphatic heterocycles. The van der Waals surface area contributed by atoms with Crippen LogP contribution in [0.15, 0.2) is 4.79 Å². The number of fused-ring (bicyclic) bond motifs is 1. The summed E-state index contributed by atoms with van der Waals surface area (Å²) in [6.45, 7) is 5.14. The minimum Gasteiger partial charge on any atom is -0.376 e. The Morgan fingerprint density at radius 3 is 2.65 bits per heavy atom. The standard InChI is InChI=1S/C10H16N6O/c17-9-7-8(13-2-1-12-7)14-10(15-9)16-5-3-11-4-6-16/h11-12H,1-6H2,(H2,13,14,15,17). The number of aromatic amines is 1. The normalized spacial score (nSPS) is 19.2. The van der Waals surface area contributed by atoms with Gasteiger partial charge < -0.3 is 20.9 Å². The zero-order chi connectivity index (χ0) is 11.7. The largest absolute Gasteiger partial charge is 0.376 e. The van der Waals surface area contributed by atoms with Crippen molar-refractivity contribution in [1.82, 2.24) is 15.3 Å². The average Bonchev–Trinajstić information content (AvgIpc) is 2.40. The quantitative estimate of drug-likeness (QED) is 0.501. The van der Waals surface area contributed by atoms with E-state index in [1.807, 2.05) is 0 Å². The van der Waals surface area contributed by atoms with Crippen molar-refractivity contribution in [3.63, 3.8) is 0 Å². The zero-order valence-electron chi connectivity index (χ0n) is 9.55. The van der Waals surface area contributed by atoms with Crippen LogP contribution < -0.4 is 26.4 Å². The Labute approximate surface area is 98.6 Å². The molecule has 1 saturated heterocycles. The van der Waals surface area contributed by atoms with Gasteiger partial charge in [-0.25, -0.2) is 0 Å². The summed E-state index contributed by atoms with van der Waals surface area (Å²) in [7, 11) is 0. The molecule has 0 atom stereocenters. The molecular formula is C10H16N6O. The van der Waals surface area contributed by atoms with Crippen LogP contribution >= 0.6 is 0 Å². The van der Waals surface area contributed by atoms with E-state index < -0.39 is 0 Å². The van der Waals surface area contributed by atoms with E-state index in [1.54, 1.807) is 0 Å². The van der Waals surface area contributed by atoms with Crippen LogP contribution in [-0.2, 0) is 0 Å². The highest BCUT2D eigenvalue weighted by atomic mass is 16.1. The van der Waals surface area contributed by atoms with Gasteiger partial charge in [0.15, 0.2) is 5.82 Å². The van der Waals surface area contributed by atoms with Crippen LogP contribution in [0.4, 0.5) is 17.5 Å². The highest BCUT2D eigenvalue weighted by Gasteiger charge is 2.18. The fraction of sp³-hybridized carbons (Fsp3) is 0.600. The van der Waals surface area contributed by atoms with Gasteiger partial charge in [0, 0.05) is 39.3 Å². The van der Waals surface area contributed by atoms with Crippen molar-refractivity contribution >= 4 is 17.5 Å². The summed E-state index contributed by atoms with van der Waals surface area (Å²) in [5.41, 5.74) is 0.450. The van der Waals surface area contributed by atoms with Crippen molar-refractivity contribution in [3.8, 4) is 0 Å². The lowest BCUT2D eigenvalue weighted by Gasteiger charge is -2.29. The third-order valence-corrected chi connectivity index (χ3v) is 3.04. The van der Waals surface area contributed by atoms with Crippen molar-refractivity contribution in [2.75, 3.05) is 54.8 Å². The summed E-state index contributed by atoms with van der Waals surface area (Å²) in [5, 5.41) is 9.48. The summed E-state index contributed by atoms with van der Waals surface area (Å²) in [5.74, 6) is 1.32. The van der Waals surface area contributed by atoms with Gasteiger partial charge in [0.2, 0.25) is 5.95 Å². The molecule has 0 amide bonds. The molecule has 1 aromatic rings. The first kappa shape index (κ1) is 10.4. The predicted molar refractivity (Wildman–Crippen MR) is 66.9 cm³/mol. The molecular weight excluding hydrogens is 220 g/mol. The van der Waals surface area contributed by atoms with Gasteiger partial charge in [0.05, 0.1) is 0 Å². The molecule has 0 aromatic carbocycles. The summed E-state index contributed by atoms with van der Waals surface area (Å²) < 4.78 is 0. The molecule has 1 aromatic heterocycles. The molecule has 3 rings (SSSR count). The number of nitrogens with one attached hydrogen (secondary N) is 4. The number of hydrogen-bond donors (Lipinski definition) is 4. The second-order valence-electron chi connectivity index (χ2n) is 4.20. The highest BCUT2D eigenvalue weighted by molar-refractivity contribution is 5.66. The molecule has 7 heteroatoms. The van der Waals surface area contributed by atoms with Gasteiger partial charge >= 0.3 is 0 Å². The minimum absolute atomic E-state index is 0.101. The number of anilines is 3. The van der Waals surface area contributed by atoms with Crippen LogP contribution in [0.2, 0.25) is 0 Å². The second kappa shape index (κ2) is 4.25. The van der Waals surface area contributed by atoms with Crippen molar-refractivity contribution < 1.29 is 0 Å². The fourth-order valence-electron chi connectivity index (χ4n) is 2.15. The van der Waals surface area contributed by atoms with Gasteiger partial charge in [-0.2, -0.15) is 4.98 Å². The van der Waals surface area contributed by atoms with Gasteiger partial charge in [-0.1, -0.05) is 0 Å². The average molecular weight is 236 g/mol. The van der Waals surface area contributed by atoms with E-state index in [-0.39, 0.29) is 5.56 Å². The van der Waals surface area contributed by atoms with Gasteiger partial charge in [-0.3, -0.25) is 9.78 Å². The van der Waals surface area contributed by atoms with Gasteiger partial charge in [0.25, 0.3) is 5.56 Å². The fourth-order valence-corrected chi connectivity index (χ4v) is 2.15. The number of nitrogens with zero attached hydrogens (tertiary/aromatic N) is 2. The van der Waals surface area contributed by atoms with E-state index in [9.17, 15) is 4.79 Å². The Morgan fingerprint density at radius 2 is 1.82 bits per heavy atom. The lowest BCUT2D eigenvalue weighted by atomic mass is 10.3. The molecule has 92 valence electrons. The number of aromatic nitrogens is 2. The summed E-state index contributed by atoms with van der Waals surface area (Å²) >= 11 is 0. The zero-order valence-corrected chi connectivity index (χ0v) is 9.55. The molecule has 7 nitrogen and oxygen atoms in total. The molecule has 0 aliphatic carbocycles. The monoisotopic (exact) mass is 236 g/mol. The maximum atomic E-state index is 11.9. The third kappa shape index (κ3) is 1.93. The van der Waals surface area contributed by atoms with Crippen LogP contribution in [0.1, 0.15) is 0 Å². The number of rotatable bonds is 1. The Balaban J connectivity index is 1.95. The number of H-pyrrole nitrogens is 1. The molecule has 2 aliphatic rings. The molecule has 0 spiro atoms. The van der Waals surface area contributed by atoms with E-state index in [0.717, 1.165) is 39.3 Å². The summed E-state index contributed by atoms with van der Waals surface area (Å²) in [6, 6.07) is 0. The molecule has 1 fully saturated rings. The highest BCUT2D eigenvalue weighted by Crippen LogP contribution is 2.19. The number of piperazine rings is 1. The molecule has 0 radical (unpaired) electrons. The van der Waals surface area contributed by atoms with Crippen LogP contribution in [-0.4, -0.2) is 49.2 Å². The first-order valence-electron chi connectivity index (χ1n) is 5.92. The van der Waals surface area contributed by atoms with Crippen molar-refractivity contribution in [3.05, 3.63) is 10.4 Å². The van der Waals surface area contributed by atoms with Crippen molar-refractivity contribution in [2.45, 2.75) is 0 Å². The molecule has 3 heterocycles. The Bertz CT molecular complexity index is 464. The Hall–Kier alpha value is -1.76. The first-order chi connectivity index (χ1) is 8.34. The van der Waals surface area contributed by atoms with Crippen LogP contribution in [0, 0.1) is 0 Å². The van der Waals surface area contributed by atoms with Crippen LogP contribution in [0.25, 0.3) is 0 Å². The van der Waals surface area contributed by atoms with Gasteiger partial charge in [-0.05, 0) is 0 Å². The SMILES string of the molecule is O=c1[nH]c(N2CCNCC2)nc2c1NCCN2. The second-order valence-corrected chi connectivity index (χ2v) is 4.20. The summed E-state index contributed by atoms with van der Waals surface area (Å²) in [4.78, 5) is 21.3. The first-order valence-corrected chi connectivity index (χ1v) is 5.92. The smallest absolute Gasteiger partial charge is 0.277 e. The van der Waals surface area contributed by atoms with E-state index in [2.05, 4.69) is 30.8 Å². The van der Waals surface area contributed by atoms with Crippen molar-refractivity contribution in [1.29, 1.82) is 0 Å². The predicted octanol–water partition coefficient (Wildman–Crippen LogP) is -0.983. The molecule has 4 N–H and O–H groups in total. The van der Waals surface area contributed by atoms with Gasteiger partial charge in [0.1, 0.15) is 5.69 Å².